The van der Waals surface area contributed by atoms with E-state index in [-0.39, 0.29) is 24.6 Å². The van der Waals surface area contributed by atoms with Gasteiger partial charge < -0.3 is 9.42 Å². The van der Waals surface area contributed by atoms with E-state index in [1.807, 2.05) is 0 Å². The Morgan fingerprint density at radius 3 is 2.69 bits per heavy atom. The van der Waals surface area contributed by atoms with Gasteiger partial charge in [-0.2, -0.15) is 0 Å². The lowest BCUT2D eigenvalue weighted by Gasteiger charge is -2.20. The number of aryl methyl sites for hydroxylation is 2. The Balaban J connectivity index is 1.78. The van der Waals surface area contributed by atoms with Crippen molar-refractivity contribution < 1.29 is 17.7 Å². The molecular formula is C18H21ClN2O4S. The molecular weight excluding hydrogens is 376 g/mol. The Morgan fingerprint density at radius 1 is 1.31 bits per heavy atom. The Bertz CT molecular complexity index is 904. The molecule has 0 unspecified atom stereocenters. The highest BCUT2D eigenvalue weighted by molar-refractivity contribution is 7.91. The van der Waals surface area contributed by atoms with Crippen molar-refractivity contribution in [3.05, 3.63) is 51.9 Å². The second-order valence-electron chi connectivity index (χ2n) is 6.53. The predicted molar refractivity (Wildman–Crippen MR) is 98.9 cm³/mol. The maximum Gasteiger partial charge on any atom is 0.227 e. The molecule has 2 aromatic rings. The second kappa shape index (κ2) is 7.40. The van der Waals surface area contributed by atoms with Gasteiger partial charge in [-0.1, -0.05) is 35.0 Å². The molecule has 0 radical (unpaired) electrons. The monoisotopic (exact) mass is 396 g/mol. The van der Waals surface area contributed by atoms with Gasteiger partial charge in [0.2, 0.25) is 5.91 Å². The number of rotatable bonds is 3. The van der Waals surface area contributed by atoms with Crippen LogP contribution in [-0.2, 0) is 21.1 Å². The zero-order valence-corrected chi connectivity index (χ0v) is 16.3. The highest BCUT2D eigenvalue weighted by atomic mass is 35.5. The highest BCUT2D eigenvalue weighted by Crippen LogP contribution is 2.34. The number of nitrogens with zero attached hydrogens (tertiary/aromatic N) is 2. The molecule has 1 aliphatic rings. The van der Waals surface area contributed by atoms with Gasteiger partial charge in [-0.05, 0) is 31.9 Å². The zero-order chi connectivity index (χ0) is 18.9. The summed E-state index contributed by atoms with van der Waals surface area (Å²) in [5.74, 6) is 0.428. The van der Waals surface area contributed by atoms with Crippen molar-refractivity contribution in [1.29, 1.82) is 0 Å². The average Bonchev–Trinajstić information content (AvgIpc) is 2.81. The number of carbonyl (C=O) groups excluding carboxylic acids is 1. The van der Waals surface area contributed by atoms with Crippen molar-refractivity contribution in [3.63, 3.8) is 0 Å². The number of hydrogen-bond donors (Lipinski definition) is 0. The molecule has 1 aliphatic heterocycles. The van der Waals surface area contributed by atoms with Crippen molar-refractivity contribution in [3.8, 4) is 0 Å². The number of aromatic nitrogens is 1. The van der Waals surface area contributed by atoms with E-state index in [4.69, 9.17) is 16.1 Å². The van der Waals surface area contributed by atoms with Crippen LogP contribution in [0.4, 0.5) is 0 Å². The first kappa shape index (κ1) is 18.9. The molecule has 0 aliphatic carbocycles. The number of hydrogen-bond acceptors (Lipinski definition) is 5. The Kier molecular flexibility index (Phi) is 5.39. The van der Waals surface area contributed by atoms with E-state index in [0.29, 0.717) is 35.0 Å². The van der Waals surface area contributed by atoms with Crippen LogP contribution >= 0.6 is 11.6 Å². The lowest BCUT2D eigenvalue weighted by Crippen LogP contribution is -2.34. The highest BCUT2D eigenvalue weighted by Gasteiger charge is 2.34. The largest absolute Gasteiger partial charge is 0.361 e. The van der Waals surface area contributed by atoms with E-state index in [2.05, 4.69) is 5.16 Å². The molecule has 6 nitrogen and oxygen atoms in total. The van der Waals surface area contributed by atoms with Gasteiger partial charge in [-0.25, -0.2) is 8.42 Å². The van der Waals surface area contributed by atoms with Gasteiger partial charge in [0.25, 0.3) is 0 Å². The first-order valence-corrected chi connectivity index (χ1v) is 10.5. The van der Waals surface area contributed by atoms with Crippen molar-refractivity contribution in [2.75, 3.05) is 18.8 Å². The van der Waals surface area contributed by atoms with Gasteiger partial charge in [0.15, 0.2) is 9.84 Å². The maximum absolute atomic E-state index is 12.7. The fourth-order valence-corrected chi connectivity index (χ4v) is 5.44. The van der Waals surface area contributed by atoms with E-state index in [0.717, 1.165) is 5.56 Å². The Labute approximate surface area is 158 Å². The summed E-state index contributed by atoms with van der Waals surface area (Å²) in [6.45, 7) is 4.12. The van der Waals surface area contributed by atoms with Crippen LogP contribution in [-0.4, -0.2) is 43.2 Å². The van der Waals surface area contributed by atoms with E-state index < -0.39 is 15.1 Å². The third-order valence-electron chi connectivity index (χ3n) is 4.85. The first-order chi connectivity index (χ1) is 12.3. The van der Waals surface area contributed by atoms with Gasteiger partial charge in [0.1, 0.15) is 5.76 Å². The molecule has 0 bridgehead atoms. The van der Waals surface area contributed by atoms with E-state index in [9.17, 15) is 13.2 Å². The predicted octanol–water partition coefficient (Wildman–Crippen LogP) is 2.88. The Hall–Kier alpha value is -1.86. The molecule has 1 aromatic heterocycles. The second-order valence-corrected chi connectivity index (χ2v) is 9.24. The summed E-state index contributed by atoms with van der Waals surface area (Å²) >= 11 is 6.20. The minimum Gasteiger partial charge on any atom is -0.361 e. The molecule has 1 saturated heterocycles. The standard InChI is InChI=1S/C18H21ClN2O4S/c1-12-15(13(2)25-20-12)11-18(22)21-8-7-17(26(23,24)10-9-21)14-5-3-4-6-16(14)19/h3-6,17H,7-11H2,1-2H3/t17-/m1/s1. The van der Waals surface area contributed by atoms with E-state index in [1.54, 1.807) is 43.0 Å². The van der Waals surface area contributed by atoms with Gasteiger partial charge in [-0.3, -0.25) is 4.79 Å². The molecule has 26 heavy (non-hydrogen) atoms. The molecule has 0 N–H and O–H groups in total. The maximum atomic E-state index is 12.7. The lowest BCUT2D eigenvalue weighted by molar-refractivity contribution is -0.130. The van der Waals surface area contributed by atoms with Crippen LogP contribution in [0.2, 0.25) is 5.02 Å². The van der Waals surface area contributed by atoms with Gasteiger partial charge in [0.05, 0.1) is 23.1 Å². The summed E-state index contributed by atoms with van der Waals surface area (Å²) in [6.07, 6.45) is 0.497. The molecule has 3 rings (SSSR count). The van der Waals surface area contributed by atoms with Crippen molar-refractivity contribution in [2.24, 2.45) is 0 Å². The van der Waals surface area contributed by atoms with Crippen molar-refractivity contribution >= 4 is 27.3 Å². The summed E-state index contributed by atoms with van der Waals surface area (Å²) in [5.41, 5.74) is 2.06. The molecule has 1 aromatic carbocycles. The zero-order valence-electron chi connectivity index (χ0n) is 14.7. The van der Waals surface area contributed by atoms with Crippen LogP contribution < -0.4 is 0 Å². The molecule has 0 spiro atoms. The van der Waals surface area contributed by atoms with Crippen molar-refractivity contribution in [1.82, 2.24) is 10.1 Å². The summed E-state index contributed by atoms with van der Waals surface area (Å²) in [4.78, 5) is 14.3. The molecule has 1 fully saturated rings. The number of sulfone groups is 1. The van der Waals surface area contributed by atoms with Crippen LogP contribution in [0.3, 0.4) is 0 Å². The lowest BCUT2D eigenvalue weighted by atomic mass is 10.1. The van der Waals surface area contributed by atoms with Crippen LogP contribution in [0.5, 0.6) is 0 Å². The molecule has 8 heteroatoms. The quantitative estimate of drug-likeness (QED) is 0.796. The summed E-state index contributed by atoms with van der Waals surface area (Å²) in [6, 6.07) is 6.99. The number of benzene rings is 1. The summed E-state index contributed by atoms with van der Waals surface area (Å²) in [5, 5.41) is 3.62. The smallest absolute Gasteiger partial charge is 0.227 e. The van der Waals surface area contributed by atoms with Gasteiger partial charge >= 0.3 is 0 Å². The number of halogens is 1. The first-order valence-electron chi connectivity index (χ1n) is 8.45. The fourth-order valence-electron chi connectivity index (χ4n) is 3.30. The number of carbonyl (C=O) groups is 1. The SMILES string of the molecule is Cc1noc(C)c1CC(=O)N1CC[C@H](c2ccccc2Cl)S(=O)(=O)CC1. The van der Waals surface area contributed by atoms with Crippen LogP contribution in [0.15, 0.2) is 28.8 Å². The third-order valence-corrected chi connectivity index (χ3v) is 7.31. The fraction of sp³-hybridized carbons (Fsp3) is 0.444. The molecule has 2 heterocycles. The summed E-state index contributed by atoms with van der Waals surface area (Å²) in [7, 11) is -3.39. The van der Waals surface area contributed by atoms with Crippen molar-refractivity contribution in [2.45, 2.75) is 31.9 Å². The van der Waals surface area contributed by atoms with Crippen LogP contribution in [0.1, 0.15) is 34.3 Å². The van der Waals surface area contributed by atoms with Crippen LogP contribution in [0, 0.1) is 13.8 Å². The molecule has 1 amide bonds. The minimum atomic E-state index is -3.39. The van der Waals surface area contributed by atoms with E-state index >= 15 is 0 Å². The van der Waals surface area contributed by atoms with E-state index in [1.165, 1.54) is 0 Å². The average molecular weight is 397 g/mol. The van der Waals surface area contributed by atoms with Crippen LogP contribution in [0.25, 0.3) is 0 Å². The molecule has 1 atom stereocenters. The molecule has 140 valence electrons. The minimum absolute atomic E-state index is 0.0732. The summed E-state index contributed by atoms with van der Waals surface area (Å²) < 4.78 is 30.6. The molecule has 0 saturated carbocycles. The van der Waals surface area contributed by atoms with Gasteiger partial charge in [0, 0.05) is 23.7 Å². The number of amides is 1. The topological polar surface area (TPSA) is 80.5 Å². The van der Waals surface area contributed by atoms with Gasteiger partial charge in [-0.15, -0.1) is 0 Å². The Morgan fingerprint density at radius 2 is 2.04 bits per heavy atom. The normalized spacial score (nSPS) is 20.0. The third kappa shape index (κ3) is 3.78.